The Morgan fingerprint density at radius 3 is 2.81 bits per heavy atom. The normalized spacial score (nSPS) is 19.4. The molecule has 88 valence electrons. The number of anilines is 1. The lowest BCUT2D eigenvalue weighted by Gasteiger charge is -2.24. The van der Waals surface area contributed by atoms with E-state index in [0.29, 0.717) is 5.92 Å². The summed E-state index contributed by atoms with van der Waals surface area (Å²) in [5.74, 6) is 1.54. The summed E-state index contributed by atoms with van der Waals surface area (Å²) < 4.78 is 10.4. The lowest BCUT2D eigenvalue weighted by Crippen LogP contribution is -2.18. The van der Waals surface area contributed by atoms with Gasteiger partial charge in [-0.3, -0.25) is 0 Å². The Morgan fingerprint density at radius 2 is 2.12 bits per heavy atom. The van der Waals surface area contributed by atoms with Crippen LogP contribution in [0.4, 0.5) is 5.82 Å². The predicted octanol–water partition coefficient (Wildman–Crippen LogP) is 2.29. The standard InChI is InChI=1S/C12H18N2O2/c1-8-6-7-13-11-9(8)4-5-10(14-11)12(15-2)16-3/h4-5,8,12H,6-7H2,1-3H3,(H,13,14). The highest BCUT2D eigenvalue weighted by Gasteiger charge is 2.19. The number of rotatable bonds is 3. The molecule has 4 heteroatoms. The molecule has 16 heavy (non-hydrogen) atoms. The zero-order valence-corrected chi connectivity index (χ0v) is 9.99. The van der Waals surface area contributed by atoms with Gasteiger partial charge >= 0.3 is 0 Å². The molecule has 0 radical (unpaired) electrons. The van der Waals surface area contributed by atoms with Crippen molar-refractivity contribution in [2.75, 3.05) is 26.1 Å². The minimum Gasteiger partial charge on any atom is -0.370 e. The molecule has 4 nitrogen and oxygen atoms in total. The van der Waals surface area contributed by atoms with E-state index in [1.54, 1.807) is 14.2 Å². The first-order valence-electron chi connectivity index (χ1n) is 5.56. The lowest BCUT2D eigenvalue weighted by atomic mass is 9.95. The first-order valence-corrected chi connectivity index (χ1v) is 5.56. The van der Waals surface area contributed by atoms with Gasteiger partial charge in [0.2, 0.25) is 6.29 Å². The van der Waals surface area contributed by atoms with Crippen molar-refractivity contribution in [1.82, 2.24) is 4.98 Å². The Labute approximate surface area is 96.0 Å². The van der Waals surface area contributed by atoms with Crippen molar-refractivity contribution < 1.29 is 9.47 Å². The molecule has 0 amide bonds. The largest absolute Gasteiger partial charge is 0.370 e. The van der Waals surface area contributed by atoms with Gasteiger partial charge in [-0.25, -0.2) is 4.98 Å². The Kier molecular flexibility index (Phi) is 3.41. The van der Waals surface area contributed by atoms with Crippen LogP contribution in [0.3, 0.4) is 0 Å². The summed E-state index contributed by atoms with van der Waals surface area (Å²) >= 11 is 0. The van der Waals surface area contributed by atoms with Crippen LogP contribution in [0, 0.1) is 0 Å². The molecule has 0 spiro atoms. The van der Waals surface area contributed by atoms with Crippen LogP contribution in [0.15, 0.2) is 12.1 Å². The van der Waals surface area contributed by atoms with Crippen molar-refractivity contribution in [2.24, 2.45) is 0 Å². The second-order valence-electron chi connectivity index (χ2n) is 4.09. The molecule has 1 atom stereocenters. The van der Waals surface area contributed by atoms with E-state index in [1.807, 2.05) is 6.07 Å². The molecule has 0 bridgehead atoms. The molecule has 0 fully saturated rings. The third-order valence-electron chi connectivity index (χ3n) is 3.02. The minimum atomic E-state index is -0.385. The van der Waals surface area contributed by atoms with Crippen molar-refractivity contribution in [3.05, 3.63) is 23.4 Å². The molecule has 1 N–H and O–H groups in total. The summed E-state index contributed by atoms with van der Waals surface area (Å²) in [4.78, 5) is 4.54. The Morgan fingerprint density at radius 1 is 1.38 bits per heavy atom. The van der Waals surface area contributed by atoms with Crippen LogP contribution >= 0.6 is 0 Å². The van der Waals surface area contributed by atoms with Gasteiger partial charge in [0, 0.05) is 20.8 Å². The molecule has 0 aliphatic carbocycles. The fourth-order valence-corrected chi connectivity index (χ4v) is 2.06. The van der Waals surface area contributed by atoms with Gasteiger partial charge in [0.05, 0.1) is 5.69 Å². The number of pyridine rings is 1. The molecule has 0 saturated heterocycles. The van der Waals surface area contributed by atoms with E-state index in [2.05, 4.69) is 23.3 Å². The topological polar surface area (TPSA) is 43.4 Å². The third-order valence-corrected chi connectivity index (χ3v) is 3.02. The van der Waals surface area contributed by atoms with Crippen LogP contribution in [-0.2, 0) is 9.47 Å². The van der Waals surface area contributed by atoms with Crippen molar-refractivity contribution in [3.63, 3.8) is 0 Å². The Balaban J connectivity index is 2.31. The van der Waals surface area contributed by atoms with Crippen LogP contribution in [0.1, 0.15) is 36.8 Å². The number of ether oxygens (including phenoxy) is 2. The average Bonchev–Trinajstić information content (AvgIpc) is 2.31. The molecule has 1 aromatic rings. The molecule has 0 aromatic carbocycles. The van der Waals surface area contributed by atoms with Crippen LogP contribution in [-0.4, -0.2) is 25.7 Å². The summed E-state index contributed by atoms with van der Waals surface area (Å²) in [5, 5.41) is 3.31. The summed E-state index contributed by atoms with van der Waals surface area (Å²) in [6.07, 6.45) is 0.774. The van der Waals surface area contributed by atoms with Crippen molar-refractivity contribution in [3.8, 4) is 0 Å². The first kappa shape index (κ1) is 11.4. The Bertz CT molecular complexity index is 364. The second kappa shape index (κ2) is 4.80. The van der Waals surface area contributed by atoms with E-state index in [4.69, 9.17) is 9.47 Å². The first-order chi connectivity index (χ1) is 7.76. The minimum absolute atomic E-state index is 0.385. The highest BCUT2D eigenvalue weighted by Crippen LogP contribution is 2.31. The average molecular weight is 222 g/mol. The summed E-state index contributed by atoms with van der Waals surface area (Å²) in [5.41, 5.74) is 2.09. The zero-order chi connectivity index (χ0) is 11.5. The van der Waals surface area contributed by atoms with E-state index in [1.165, 1.54) is 5.56 Å². The molecule has 1 aromatic heterocycles. The van der Waals surface area contributed by atoms with Gasteiger partial charge in [0.25, 0.3) is 0 Å². The van der Waals surface area contributed by atoms with Crippen LogP contribution in [0.5, 0.6) is 0 Å². The quantitative estimate of drug-likeness (QED) is 0.797. The van der Waals surface area contributed by atoms with Gasteiger partial charge in [-0.15, -0.1) is 0 Å². The van der Waals surface area contributed by atoms with Crippen LogP contribution < -0.4 is 5.32 Å². The predicted molar refractivity (Wildman–Crippen MR) is 62.5 cm³/mol. The lowest BCUT2D eigenvalue weighted by molar-refractivity contribution is -0.108. The molecular formula is C12H18N2O2. The van der Waals surface area contributed by atoms with Crippen molar-refractivity contribution >= 4 is 5.82 Å². The van der Waals surface area contributed by atoms with Gasteiger partial charge in [-0.2, -0.15) is 0 Å². The second-order valence-corrected chi connectivity index (χ2v) is 4.09. The monoisotopic (exact) mass is 222 g/mol. The van der Waals surface area contributed by atoms with E-state index in [-0.39, 0.29) is 6.29 Å². The number of nitrogens with one attached hydrogen (secondary N) is 1. The smallest absolute Gasteiger partial charge is 0.200 e. The van der Waals surface area contributed by atoms with E-state index in [0.717, 1.165) is 24.5 Å². The summed E-state index contributed by atoms with van der Waals surface area (Å²) in [7, 11) is 3.23. The number of aromatic nitrogens is 1. The Hall–Kier alpha value is -1.13. The van der Waals surface area contributed by atoms with Gasteiger partial charge in [0.15, 0.2) is 0 Å². The van der Waals surface area contributed by atoms with E-state index < -0.39 is 0 Å². The van der Waals surface area contributed by atoms with Crippen LogP contribution in [0.2, 0.25) is 0 Å². The maximum Gasteiger partial charge on any atom is 0.200 e. The van der Waals surface area contributed by atoms with Crippen molar-refractivity contribution in [2.45, 2.75) is 25.6 Å². The maximum absolute atomic E-state index is 5.19. The van der Waals surface area contributed by atoms with Gasteiger partial charge in [-0.1, -0.05) is 13.0 Å². The molecule has 2 heterocycles. The fourth-order valence-electron chi connectivity index (χ4n) is 2.06. The number of nitrogens with zero attached hydrogens (tertiary/aromatic N) is 1. The van der Waals surface area contributed by atoms with Gasteiger partial charge in [-0.05, 0) is 24.0 Å². The summed E-state index contributed by atoms with van der Waals surface area (Å²) in [6, 6.07) is 4.08. The van der Waals surface area contributed by atoms with Gasteiger partial charge < -0.3 is 14.8 Å². The summed E-state index contributed by atoms with van der Waals surface area (Å²) in [6.45, 7) is 3.21. The molecule has 1 aliphatic rings. The number of hydrogen-bond donors (Lipinski definition) is 1. The van der Waals surface area contributed by atoms with E-state index >= 15 is 0 Å². The van der Waals surface area contributed by atoms with Crippen molar-refractivity contribution in [1.29, 1.82) is 0 Å². The molecule has 1 unspecified atom stereocenters. The van der Waals surface area contributed by atoms with E-state index in [9.17, 15) is 0 Å². The molecule has 0 saturated carbocycles. The zero-order valence-electron chi connectivity index (χ0n) is 9.99. The maximum atomic E-state index is 5.19. The highest BCUT2D eigenvalue weighted by atomic mass is 16.7. The SMILES string of the molecule is COC(OC)c1ccc2c(n1)NCCC2C. The molecule has 1 aliphatic heterocycles. The molecular weight excluding hydrogens is 204 g/mol. The number of hydrogen-bond acceptors (Lipinski definition) is 4. The number of methoxy groups -OCH3 is 2. The molecule has 2 rings (SSSR count). The highest BCUT2D eigenvalue weighted by molar-refractivity contribution is 5.49. The fraction of sp³-hybridized carbons (Fsp3) is 0.583. The third kappa shape index (κ3) is 2.03. The number of fused-ring (bicyclic) bond motifs is 1. The van der Waals surface area contributed by atoms with Crippen LogP contribution in [0.25, 0.3) is 0 Å². The van der Waals surface area contributed by atoms with Gasteiger partial charge in [0.1, 0.15) is 5.82 Å².